The molecule has 1 aromatic carbocycles. The second-order valence-electron chi connectivity index (χ2n) is 15.1. The second-order valence-corrected chi connectivity index (χ2v) is 16.0. The SMILES string of the molecule is CCC[C@H]1N(C(=O)c2ncccc2C(F)(F)F)CCC[C@@]1(Oc1csc(C(F)(F)F)c1)C(=O)N1CCC(O)(c2ccccc2O[C@@H]2CC[C@](C)(C(=O)O)C2)CC1. The van der Waals surface area contributed by atoms with Crippen LogP contribution in [0.25, 0.3) is 0 Å². The fourth-order valence-corrected chi connectivity index (χ4v) is 8.98. The van der Waals surface area contributed by atoms with Crippen molar-refractivity contribution >= 4 is 29.1 Å². The molecule has 2 aliphatic heterocycles. The first kappa shape index (κ1) is 41.3. The summed E-state index contributed by atoms with van der Waals surface area (Å²) in [6.07, 6.45) is -7.33. The van der Waals surface area contributed by atoms with Gasteiger partial charge in [0.25, 0.3) is 11.8 Å². The smallest absolute Gasteiger partial charge is 0.425 e. The lowest BCUT2D eigenvalue weighted by Crippen LogP contribution is -2.68. The summed E-state index contributed by atoms with van der Waals surface area (Å²) in [6.45, 7) is 3.26. The first-order valence-corrected chi connectivity index (χ1v) is 19.4. The van der Waals surface area contributed by atoms with E-state index in [4.69, 9.17) is 9.47 Å². The Morgan fingerprint density at radius 3 is 2.32 bits per heavy atom. The number of aliphatic hydroxyl groups is 1. The van der Waals surface area contributed by atoms with Crippen molar-refractivity contribution in [2.24, 2.45) is 5.41 Å². The lowest BCUT2D eigenvalue weighted by molar-refractivity contribution is -0.163. The van der Waals surface area contributed by atoms with Crippen molar-refractivity contribution in [1.29, 1.82) is 0 Å². The molecule has 56 heavy (non-hydrogen) atoms. The molecule has 3 fully saturated rings. The van der Waals surface area contributed by atoms with Crippen molar-refractivity contribution in [1.82, 2.24) is 14.8 Å². The number of para-hydroxylation sites is 1. The second kappa shape index (κ2) is 15.5. The highest BCUT2D eigenvalue weighted by atomic mass is 32.1. The fraction of sp³-hybridized carbons (Fsp3) is 0.538. The number of benzene rings is 1. The molecule has 6 rings (SSSR count). The molecule has 0 spiro atoms. The predicted molar refractivity (Wildman–Crippen MR) is 191 cm³/mol. The van der Waals surface area contributed by atoms with Gasteiger partial charge in [-0.05, 0) is 63.6 Å². The average molecular weight is 812 g/mol. The van der Waals surface area contributed by atoms with E-state index in [0.29, 0.717) is 41.9 Å². The highest BCUT2D eigenvalue weighted by molar-refractivity contribution is 7.10. The van der Waals surface area contributed by atoms with Gasteiger partial charge in [-0.3, -0.25) is 19.4 Å². The number of ether oxygens (including phenoxy) is 2. The number of halogens is 6. The van der Waals surface area contributed by atoms with Gasteiger partial charge in [-0.2, -0.15) is 26.3 Å². The van der Waals surface area contributed by atoms with Gasteiger partial charge in [-0.25, -0.2) is 0 Å². The molecule has 304 valence electrons. The summed E-state index contributed by atoms with van der Waals surface area (Å²) in [5.74, 6) is -2.57. The number of alkyl halides is 6. The van der Waals surface area contributed by atoms with Crippen LogP contribution in [0.4, 0.5) is 26.3 Å². The number of aliphatic carboxylic acids is 1. The summed E-state index contributed by atoms with van der Waals surface area (Å²) in [5, 5.41) is 22.8. The lowest BCUT2D eigenvalue weighted by atomic mass is 9.78. The van der Waals surface area contributed by atoms with Gasteiger partial charge < -0.3 is 29.5 Å². The molecule has 3 aromatic rings. The lowest BCUT2D eigenvalue weighted by Gasteiger charge is -2.51. The Morgan fingerprint density at radius 2 is 1.70 bits per heavy atom. The Balaban J connectivity index is 1.31. The number of nitrogens with zero attached hydrogens (tertiary/aromatic N) is 3. The number of hydrogen-bond donors (Lipinski definition) is 2. The van der Waals surface area contributed by atoms with Crippen LogP contribution in [0.1, 0.15) is 98.1 Å². The minimum Gasteiger partial charge on any atom is -0.490 e. The number of rotatable bonds is 10. The Hall–Kier alpha value is -4.38. The number of carbonyl (C=O) groups is 3. The number of thiophene rings is 1. The van der Waals surface area contributed by atoms with Gasteiger partial charge in [0, 0.05) is 55.7 Å². The predicted octanol–water partition coefficient (Wildman–Crippen LogP) is 7.94. The minimum absolute atomic E-state index is 0.00728. The van der Waals surface area contributed by atoms with Crippen LogP contribution in [-0.2, 0) is 27.5 Å². The maximum absolute atomic E-state index is 15.0. The zero-order valence-electron chi connectivity index (χ0n) is 30.8. The van der Waals surface area contributed by atoms with Crippen LogP contribution in [0.3, 0.4) is 0 Å². The van der Waals surface area contributed by atoms with Crippen molar-refractivity contribution in [2.75, 3.05) is 19.6 Å². The molecule has 1 aliphatic carbocycles. The van der Waals surface area contributed by atoms with E-state index < -0.39 is 75.0 Å². The Bertz CT molecular complexity index is 1930. The molecule has 10 nitrogen and oxygen atoms in total. The third kappa shape index (κ3) is 8.06. The third-order valence-corrected chi connectivity index (χ3v) is 12.2. The van der Waals surface area contributed by atoms with Crippen molar-refractivity contribution in [3.8, 4) is 11.5 Å². The van der Waals surface area contributed by atoms with Gasteiger partial charge in [0.05, 0.1) is 28.7 Å². The van der Waals surface area contributed by atoms with Crippen LogP contribution >= 0.6 is 11.3 Å². The Labute approximate surface area is 323 Å². The van der Waals surface area contributed by atoms with Gasteiger partial charge >= 0.3 is 18.3 Å². The molecular weight excluding hydrogens is 768 g/mol. The van der Waals surface area contributed by atoms with Crippen LogP contribution in [0.15, 0.2) is 54.0 Å². The summed E-state index contributed by atoms with van der Waals surface area (Å²) in [4.78, 5) is 46.2. The van der Waals surface area contributed by atoms with Crippen LogP contribution in [0.5, 0.6) is 11.5 Å². The fourth-order valence-electron chi connectivity index (χ4n) is 8.31. The standard InChI is InChI=1S/C39H43F6N3O7S/c1-3-8-29-37(55-25-21-30(56-23-25)39(43,44)45,13-7-18-48(29)32(49)31-27(38(40,41)42)10-6-17-46-31)33(50)47-19-15-36(53,16-20-47)26-9-4-5-11-28(26)54-24-12-14-35(2,22-24)34(51)52/h4-6,9-11,17,21,23-24,29,53H,3,7-8,12-16,18-20,22H2,1-2H3,(H,51,52)/t24-,29-,35+,37+/m1/s1. The topological polar surface area (TPSA) is 130 Å². The number of carboxylic acids is 1. The highest BCUT2D eigenvalue weighted by Crippen LogP contribution is 2.46. The van der Waals surface area contributed by atoms with E-state index in [-0.39, 0.29) is 63.9 Å². The zero-order valence-corrected chi connectivity index (χ0v) is 31.6. The molecular formula is C39H43F6N3O7S. The number of hydrogen-bond acceptors (Lipinski definition) is 8. The maximum atomic E-state index is 15.0. The van der Waals surface area contributed by atoms with Crippen LogP contribution in [0, 0.1) is 5.41 Å². The van der Waals surface area contributed by atoms with Crippen LogP contribution < -0.4 is 9.47 Å². The molecule has 3 aliphatic rings. The molecule has 17 heteroatoms. The number of likely N-dealkylation sites (tertiary alicyclic amines) is 2. The van der Waals surface area contributed by atoms with E-state index in [9.17, 15) is 50.9 Å². The van der Waals surface area contributed by atoms with E-state index in [1.54, 1.807) is 38.1 Å². The molecule has 0 bridgehead atoms. The first-order chi connectivity index (χ1) is 26.3. The number of amides is 2. The van der Waals surface area contributed by atoms with Gasteiger partial charge in [-0.1, -0.05) is 31.5 Å². The zero-order chi connectivity index (χ0) is 40.7. The summed E-state index contributed by atoms with van der Waals surface area (Å²) >= 11 is 0.361. The molecule has 2 saturated heterocycles. The Kier molecular flexibility index (Phi) is 11.4. The van der Waals surface area contributed by atoms with Crippen LogP contribution in [-0.4, -0.2) is 80.2 Å². The normalized spacial score (nSPS) is 25.5. The summed E-state index contributed by atoms with van der Waals surface area (Å²) in [6, 6.07) is 8.20. The largest absolute Gasteiger partial charge is 0.490 e. The molecule has 4 atom stereocenters. The van der Waals surface area contributed by atoms with E-state index in [0.717, 1.165) is 34.7 Å². The summed E-state index contributed by atoms with van der Waals surface area (Å²) in [7, 11) is 0. The maximum Gasteiger partial charge on any atom is 0.425 e. The van der Waals surface area contributed by atoms with Crippen molar-refractivity contribution < 1.29 is 60.4 Å². The number of piperidine rings is 2. The van der Waals surface area contributed by atoms with Crippen molar-refractivity contribution in [3.05, 3.63) is 75.7 Å². The Morgan fingerprint density at radius 1 is 0.982 bits per heavy atom. The summed E-state index contributed by atoms with van der Waals surface area (Å²) in [5.41, 5.74) is -6.11. The monoisotopic (exact) mass is 811 g/mol. The van der Waals surface area contributed by atoms with E-state index in [1.165, 1.54) is 4.90 Å². The van der Waals surface area contributed by atoms with E-state index >= 15 is 0 Å². The molecule has 2 amide bonds. The average Bonchev–Trinajstić information content (AvgIpc) is 3.79. The first-order valence-electron chi connectivity index (χ1n) is 18.5. The number of aromatic nitrogens is 1. The minimum atomic E-state index is -4.92. The number of carbonyl (C=O) groups excluding carboxylic acids is 2. The number of pyridine rings is 1. The van der Waals surface area contributed by atoms with Gasteiger partial charge in [0.1, 0.15) is 22.1 Å². The summed E-state index contributed by atoms with van der Waals surface area (Å²) < 4.78 is 95.9. The molecule has 1 saturated carbocycles. The molecule has 4 heterocycles. The van der Waals surface area contributed by atoms with E-state index in [2.05, 4.69) is 4.98 Å². The van der Waals surface area contributed by atoms with Gasteiger partial charge in [0.15, 0.2) is 0 Å². The van der Waals surface area contributed by atoms with E-state index in [1.807, 2.05) is 0 Å². The molecule has 2 N–H and O–H groups in total. The van der Waals surface area contributed by atoms with Gasteiger partial charge in [-0.15, -0.1) is 11.3 Å². The third-order valence-electron chi connectivity index (χ3n) is 11.3. The quantitative estimate of drug-likeness (QED) is 0.198. The molecule has 0 unspecified atom stereocenters. The number of carboxylic acid groups (broad SMARTS) is 1. The molecule has 2 aromatic heterocycles. The molecule has 0 radical (unpaired) electrons. The van der Waals surface area contributed by atoms with Crippen LogP contribution in [0.2, 0.25) is 0 Å². The van der Waals surface area contributed by atoms with Crippen molar-refractivity contribution in [2.45, 2.75) is 107 Å². The van der Waals surface area contributed by atoms with Gasteiger partial charge in [0.2, 0.25) is 5.60 Å². The highest BCUT2D eigenvalue weighted by Gasteiger charge is 2.57. The van der Waals surface area contributed by atoms with Crippen molar-refractivity contribution in [3.63, 3.8) is 0 Å².